The Labute approximate surface area is 194 Å². The number of rotatable bonds is 10. The van der Waals surface area contributed by atoms with E-state index in [9.17, 15) is 8.42 Å². The Morgan fingerprint density at radius 3 is 2.61 bits per heavy atom. The molecule has 2 aromatic carbocycles. The van der Waals surface area contributed by atoms with Crippen LogP contribution in [0, 0.1) is 0 Å². The van der Waals surface area contributed by atoms with Gasteiger partial charge in [0.05, 0.1) is 17.1 Å². The number of hydrazone groups is 1. The fraction of sp³-hybridized carbons (Fsp3) is 0.222. The van der Waals surface area contributed by atoms with E-state index in [2.05, 4.69) is 25.3 Å². The fourth-order valence-electron chi connectivity index (χ4n) is 3.27. The van der Waals surface area contributed by atoms with Crippen molar-refractivity contribution in [1.29, 1.82) is 0 Å². The molecule has 0 fully saturated rings. The van der Waals surface area contributed by atoms with Crippen LogP contribution in [-0.4, -0.2) is 43.9 Å². The van der Waals surface area contributed by atoms with Crippen molar-refractivity contribution in [3.63, 3.8) is 0 Å². The van der Waals surface area contributed by atoms with E-state index < -0.39 is 16.1 Å². The van der Waals surface area contributed by atoms with Crippen LogP contribution in [0.5, 0.6) is 0 Å². The van der Waals surface area contributed by atoms with Crippen molar-refractivity contribution in [3.8, 4) is 11.1 Å². The van der Waals surface area contributed by atoms with Gasteiger partial charge in [0.2, 0.25) is 10.0 Å². The molecular weight excluding hydrogens is 466 g/mol. The fourth-order valence-corrected chi connectivity index (χ4v) is 5.30. The number of hydrazine groups is 1. The van der Waals surface area contributed by atoms with Gasteiger partial charge in [0, 0.05) is 35.7 Å². The molecule has 3 rings (SSSR count). The van der Waals surface area contributed by atoms with E-state index >= 15 is 0 Å². The zero-order chi connectivity index (χ0) is 24.2. The van der Waals surface area contributed by atoms with Gasteiger partial charge in [-0.1, -0.05) is 18.2 Å². The molecule has 0 saturated heterocycles. The number of amidine groups is 1. The quantitative estimate of drug-likeness (QED) is 0.0391. The molecule has 1 atom stereocenters. The van der Waals surface area contributed by atoms with Crippen LogP contribution in [0.4, 0.5) is 0 Å². The molecule has 0 unspecified atom stereocenters. The maximum absolute atomic E-state index is 12.7. The minimum absolute atomic E-state index is 0.0789. The number of aromatic amines is 1. The van der Waals surface area contributed by atoms with Gasteiger partial charge in [-0.15, -0.1) is 5.10 Å². The minimum Gasteiger partial charge on any atom is -0.382 e. The predicted octanol–water partition coefficient (Wildman–Crippen LogP) is -1.53. The highest BCUT2D eigenvalue weighted by Crippen LogP contribution is 2.37. The highest BCUT2D eigenvalue weighted by Gasteiger charge is 2.27. The summed E-state index contributed by atoms with van der Waals surface area (Å²) >= 11 is 1.06. The Morgan fingerprint density at radius 1 is 1.21 bits per heavy atom. The summed E-state index contributed by atoms with van der Waals surface area (Å²) in [6.45, 7) is 0.994. The van der Waals surface area contributed by atoms with Gasteiger partial charge in [0.1, 0.15) is 10.7 Å². The van der Waals surface area contributed by atoms with Crippen molar-refractivity contribution in [3.05, 3.63) is 41.7 Å². The number of imidazole rings is 1. The van der Waals surface area contributed by atoms with E-state index in [0.717, 1.165) is 11.9 Å². The molecule has 13 nitrogen and oxygen atoms in total. The Balaban J connectivity index is 2.35. The first kappa shape index (κ1) is 24.9. The van der Waals surface area contributed by atoms with E-state index in [-0.39, 0.29) is 22.8 Å². The van der Waals surface area contributed by atoms with Crippen molar-refractivity contribution in [1.82, 2.24) is 20.2 Å². The third-order valence-corrected chi connectivity index (χ3v) is 6.73. The first-order valence-corrected chi connectivity index (χ1v) is 12.1. The minimum atomic E-state index is -4.25. The van der Waals surface area contributed by atoms with Crippen molar-refractivity contribution >= 4 is 38.8 Å². The zero-order valence-electron chi connectivity index (χ0n) is 17.6. The van der Waals surface area contributed by atoms with Crippen LogP contribution in [0.2, 0.25) is 0 Å². The molecular formula is C18H27N11O2S2. The summed E-state index contributed by atoms with van der Waals surface area (Å²) in [7, 11) is -4.25. The Morgan fingerprint density at radius 2 is 1.97 bits per heavy atom. The SMILES string of the molecule is NCCNSc1ccc(-c2cccc3[nH]c([C@@H](N)CN)nc23)c(/C(N)=N/NN)c1S(N)(=O)=O. The average Bonchev–Trinajstić information content (AvgIpc) is 3.22. The molecule has 15 heteroatoms. The van der Waals surface area contributed by atoms with Crippen LogP contribution >= 0.6 is 11.9 Å². The molecule has 0 radical (unpaired) electrons. The number of hydrogen-bond acceptors (Lipinski definition) is 11. The summed E-state index contributed by atoms with van der Waals surface area (Å²) < 4.78 is 28.4. The lowest BCUT2D eigenvalue weighted by Gasteiger charge is -2.17. The molecule has 0 aliphatic carbocycles. The van der Waals surface area contributed by atoms with Gasteiger partial charge in [0.25, 0.3) is 0 Å². The van der Waals surface area contributed by atoms with E-state index in [1.807, 2.05) is 6.07 Å². The number of fused-ring (bicyclic) bond motifs is 1. The Bertz CT molecular complexity index is 1270. The maximum Gasteiger partial charge on any atom is 0.239 e. The van der Waals surface area contributed by atoms with E-state index in [1.54, 1.807) is 24.3 Å². The second-order valence-electron chi connectivity index (χ2n) is 6.94. The molecule has 1 aromatic heterocycles. The largest absolute Gasteiger partial charge is 0.382 e. The maximum atomic E-state index is 12.7. The first-order chi connectivity index (χ1) is 15.7. The lowest BCUT2D eigenvalue weighted by Crippen LogP contribution is -2.27. The van der Waals surface area contributed by atoms with E-state index in [0.29, 0.717) is 46.0 Å². The Kier molecular flexibility index (Phi) is 7.88. The third-order valence-electron chi connectivity index (χ3n) is 4.70. The van der Waals surface area contributed by atoms with Crippen LogP contribution in [0.3, 0.4) is 0 Å². The molecule has 0 saturated carbocycles. The highest BCUT2D eigenvalue weighted by molar-refractivity contribution is 7.98. The number of primary sulfonamides is 1. The number of benzene rings is 2. The summed E-state index contributed by atoms with van der Waals surface area (Å²) in [5.41, 5.74) is 27.8. The van der Waals surface area contributed by atoms with Crippen LogP contribution in [0.1, 0.15) is 17.4 Å². The Hall–Kier alpha value is -2.76. The van der Waals surface area contributed by atoms with E-state index in [4.69, 9.17) is 33.9 Å². The number of para-hydroxylation sites is 1. The van der Waals surface area contributed by atoms with Gasteiger partial charge in [-0.25, -0.2) is 29.9 Å². The standard InChI is InChI=1S/C18H27N11O2S2/c19-6-7-25-32-13-5-4-9(14(17(22)28-29-23)16(13)33(24,30)31)10-2-1-3-12-15(10)27-18(26-12)11(21)8-20/h1-5,11,25,29H,6-8,19-21,23H2,(H2,22,28)(H,26,27)(H2,24,30,31)/t11-/m0/s1. The molecule has 1 heterocycles. The summed E-state index contributed by atoms with van der Waals surface area (Å²) in [5.74, 6) is 5.64. The number of sulfonamides is 1. The monoisotopic (exact) mass is 493 g/mol. The molecule has 0 amide bonds. The number of aromatic nitrogens is 2. The lowest BCUT2D eigenvalue weighted by molar-refractivity contribution is 0.595. The molecule has 0 spiro atoms. The van der Waals surface area contributed by atoms with Crippen molar-refractivity contribution in [2.75, 3.05) is 19.6 Å². The first-order valence-electron chi connectivity index (χ1n) is 9.76. The molecule has 178 valence electrons. The summed E-state index contributed by atoms with van der Waals surface area (Å²) in [6, 6.07) is 8.21. The number of nitrogens with one attached hydrogen (secondary N) is 3. The van der Waals surface area contributed by atoms with Crippen LogP contribution in [0.25, 0.3) is 22.2 Å². The third kappa shape index (κ3) is 5.26. The van der Waals surface area contributed by atoms with Gasteiger partial charge >= 0.3 is 0 Å². The molecule has 15 N–H and O–H groups in total. The van der Waals surface area contributed by atoms with Crippen molar-refractivity contribution in [2.24, 2.45) is 39.0 Å². The van der Waals surface area contributed by atoms with Gasteiger partial charge in [0.15, 0.2) is 5.84 Å². The summed E-state index contributed by atoms with van der Waals surface area (Å²) in [4.78, 5) is 7.84. The van der Waals surface area contributed by atoms with Gasteiger partial charge in [-0.2, -0.15) is 0 Å². The molecule has 0 aliphatic rings. The van der Waals surface area contributed by atoms with E-state index in [1.165, 1.54) is 0 Å². The second-order valence-corrected chi connectivity index (χ2v) is 9.37. The van der Waals surface area contributed by atoms with Crippen molar-refractivity contribution < 1.29 is 8.42 Å². The number of nitrogens with zero attached hydrogens (tertiary/aromatic N) is 2. The molecule has 3 aromatic rings. The lowest BCUT2D eigenvalue weighted by atomic mass is 9.97. The zero-order valence-corrected chi connectivity index (χ0v) is 19.2. The molecule has 33 heavy (non-hydrogen) atoms. The van der Waals surface area contributed by atoms with Crippen LogP contribution in [-0.2, 0) is 10.0 Å². The van der Waals surface area contributed by atoms with Crippen molar-refractivity contribution in [2.45, 2.75) is 15.8 Å². The molecule has 0 bridgehead atoms. The normalized spacial score (nSPS) is 13.4. The van der Waals surface area contributed by atoms with Gasteiger partial charge < -0.3 is 27.9 Å². The highest BCUT2D eigenvalue weighted by atomic mass is 32.2. The topological polar surface area (TPSA) is 255 Å². The second kappa shape index (κ2) is 10.4. The smallest absolute Gasteiger partial charge is 0.239 e. The van der Waals surface area contributed by atoms with Gasteiger partial charge in [-0.3, -0.25) is 4.72 Å². The van der Waals surface area contributed by atoms with Crippen LogP contribution < -0.4 is 44.2 Å². The number of H-pyrrole nitrogens is 1. The predicted molar refractivity (Wildman–Crippen MR) is 130 cm³/mol. The summed E-state index contributed by atoms with van der Waals surface area (Å²) in [5, 5.41) is 9.42. The number of hydrogen-bond donors (Lipinski definition) is 9. The van der Waals surface area contributed by atoms with Crippen LogP contribution in [0.15, 0.2) is 45.2 Å². The summed E-state index contributed by atoms with van der Waals surface area (Å²) in [6.07, 6.45) is 0. The molecule has 0 aliphatic heterocycles. The van der Waals surface area contributed by atoms with Gasteiger partial charge in [-0.05, 0) is 29.6 Å². The number of nitrogens with two attached hydrogens (primary N) is 6. The average molecular weight is 494 g/mol.